The van der Waals surface area contributed by atoms with Crippen LogP contribution in [0.4, 0.5) is 5.69 Å². The molecule has 0 aromatic carbocycles. The predicted molar refractivity (Wildman–Crippen MR) is 133 cm³/mol. The molecule has 7 nitrogen and oxygen atoms in total. The first-order valence-electron chi connectivity index (χ1n) is 11.8. The van der Waals surface area contributed by atoms with Gasteiger partial charge in [0.1, 0.15) is 11.0 Å². The van der Waals surface area contributed by atoms with Gasteiger partial charge in [-0.1, -0.05) is 34.6 Å². The molecule has 33 heavy (non-hydrogen) atoms. The minimum atomic E-state index is -0.310. The summed E-state index contributed by atoms with van der Waals surface area (Å²) in [6, 6.07) is 4.20. The van der Waals surface area contributed by atoms with E-state index >= 15 is 0 Å². The Bertz CT molecular complexity index is 1100. The van der Waals surface area contributed by atoms with Gasteiger partial charge in [0, 0.05) is 24.5 Å². The van der Waals surface area contributed by atoms with Crippen molar-refractivity contribution in [3.8, 4) is 0 Å². The molecule has 2 aromatic rings. The molecule has 0 radical (unpaired) electrons. The number of anilines is 1. The molecule has 0 unspecified atom stereocenters. The van der Waals surface area contributed by atoms with Crippen LogP contribution in [0.2, 0.25) is 0 Å². The summed E-state index contributed by atoms with van der Waals surface area (Å²) in [6.45, 7) is 11.5. The minimum Gasteiger partial charge on any atom is -0.380 e. The second-order valence-electron chi connectivity index (χ2n) is 10.6. The van der Waals surface area contributed by atoms with Gasteiger partial charge in [-0.15, -0.1) is 0 Å². The molecular formula is C25H34BrN5O2. The third kappa shape index (κ3) is 4.72. The molecule has 3 saturated carbocycles. The van der Waals surface area contributed by atoms with Crippen molar-refractivity contribution in [1.29, 1.82) is 0 Å². The molecule has 0 saturated heterocycles. The van der Waals surface area contributed by atoms with Gasteiger partial charge >= 0.3 is 0 Å². The Hall–Kier alpha value is -2.22. The van der Waals surface area contributed by atoms with Crippen molar-refractivity contribution in [3.05, 3.63) is 50.6 Å². The number of halogens is 1. The van der Waals surface area contributed by atoms with Gasteiger partial charge in [0.25, 0.3) is 5.56 Å². The standard InChI is InChI=1S/C25H34BrN5O2/c1-14(2)19-8-16(6-7-27-19)11-28-22(32)13-31-24(33)23(26)21(12-29-31)30-20-10-17-9-18(15(20)3)25(17,4)5/h6-8,12,14-15,17-18,20,30H,9-11,13H2,1-5H3,(H,28,32)/t15-,17+,18-,20-/m1/s1. The number of carbonyl (C=O) groups excluding carboxylic acids is 1. The Morgan fingerprint density at radius 1 is 1.33 bits per heavy atom. The third-order valence-corrected chi connectivity index (χ3v) is 8.67. The smallest absolute Gasteiger partial charge is 0.283 e. The number of rotatable bonds is 7. The van der Waals surface area contributed by atoms with E-state index < -0.39 is 0 Å². The molecule has 3 aliphatic rings. The molecule has 2 bridgehead atoms. The highest BCUT2D eigenvalue weighted by Crippen LogP contribution is 2.61. The van der Waals surface area contributed by atoms with Crippen LogP contribution in [0, 0.1) is 23.2 Å². The molecular weight excluding hydrogens is 482 g/mol. The quantitative estimate of drug-likeness (QED) is 0.572. The van der Waals surface area contributed by atoms with Crippen molar-refractivity contribution < 1.29 is 4.79 Å². The number of aromatic nitrogens is 3. The fourth-order valence-corrected chi connectivity index (χ4v) is 5.95. The average Bonchev–Trinajstić information content (AvgIpc) is 2.78. The zero-order valence-electron chi connectivity index (χ0n) is 20.1. The Morgan fingerprint density at radius 2 is 2.09 bits per heavy atom. The molecule has 2 N–H and O–H groups in total. The van der Waals surface area contributed by atoms with E-state index in [0.717, 1.165) is 23.6 Å². The van der Waals surface area contributed by atoms with Gasteiger partial charge < -0.3 is 10.6 Å². The van der Waals surface area contributed by atoms with Gasteiger partial charge in [-0.3, -0.25) is 14.6 Å². The lowest BCUT2D eigenvalue weighted by Gasteiger charge is -2.62. The normalized spacial score (nSPS) is 25.4. The zero-order chi connectivity index (χ0) is 23.9. The largest absolute Gasteiger partial charge is 0.380 e. The van der Waals surface area contributed by atoms with E-state index in [0.29, 0.717) is 45.9 Å². The fraction of sp³-hybridized carbons (Fsp3) is 0.600. The maximum atomic E-state index is 12.8. The van der Waals surface area contributed by atoms with Crippen LogP contribution >= 0.6 is 15.9 Å². The molecule has 3 fully saturated rings. The van der Waals surface area contributed by atoms with Crippen LogP contribution < -0.4 is 16.2 Å². The van der Waals surface area contributed by atoms with Crippen LogP contribution in [0.15, 0.2) is 33.8 Å². The van der Waals surface area contributed by atoms with Gasteiger partial charge in [-0.25, -0.2) is 4.68 Å². The highest BCUT2D eigenvalue weighted by Gasteiger charge is 2.56. The van der Waals surface area contributed by atoms with E-state index in [-0.39, 0.29) is 18.0 Å². The van der Waals surface area contributed by atoms with Crippen LogP contribution in [-0.4, -0.2) is 26.7 Å². The Labute approximate surface area is 203 Å². The molecule has 1 amide bonds. The van der Waals surface area contributed by atoms with Crippen LogP contribution in [0.3, 0.4) is 0 Å². The number of hydrogen-bond acceptors (Lipinski definition) is 5. The van der Waals surface area contributed by atoms with E-state index in [1.165, 1.54) is 11.1 Å². The van der Waals surface area contributed by atoms with Crippen molar-refractivity contribution >= 4 is 27.5 Å². The van der Waals surface area contributed by atoms with Crippen molar-refractivity contribution in [2.45, 2.75) is 72.5 Å². The first kappa shape index (κ1) is 23.9. The molecule has 3 aliphatic carbocycles. The third-order valence-electron chi connectivity index (χ3n) is 7.90. The average molecular weight is 516 g/mol. The van der Waals surface area contributed by atoms with E-state index in [9.17, 15) is 9.59 Å². The highest BCUT2D eigenvalue weighted by atomic mass is 79.9. The SMILES string of the molecule is CC(C)c1cc(CNC(=O)Cn2ncc(N[C@@H]3C[C@@H]4C[C@H]([C@H]3C)C4(C)C)c(Br)c2=O)ccn1. The molecule has 2 heterocycles. The molecule has 2 aromatic heterocycles. The Balaban J connectivity index is 1.37. The number of nitrogens with one attached hydrogen (secondary N) is 2. The van der Waals surface area contributed by atoms with Crippen molar-refractivity contribution in [1.82, 2.24) is 20.1 Å². The molecule has 4 atom stereocenters. The summed E-state index contributed by atoms with van der Waals surface area (Å²) in [5.41, 5.74) is 2.77. The van der Waals surface area contributed by atoms with E-state index in [1.54, 1.807) is 12.4 Å². The fourth-order valence-electron chi connectivity index (χ4n) is 5.53. The Morgan fingerprint density at radius 3 is 2.76 bits per heavy atom. The number of carbonyl (C=O) groups is 1. The van der Waals surface area contributed by atoms with E-state index in [1.807, 2.05) is 12.1 Å². The summed E-state index contributed by atoms with van der Waals surface area (Å²) in [4.78, 5) is 29.6. The number of hydrogen-bond donors (Lipinski definition) is 2. The predicted octanol–water partition coefficient (Wildman–Crippen LogP) is 4.32. The van der Waals surface area contributed by atoms with E-state index in [4.69, 9.17) is 0 Å². The van der Waals surface area contributed by atoms with Crippen molar-refractivity contribution in [2.75, 3.05) is 5.32 Å². The Kier molecular flexibility index (Phi) is 6.67. The first-order valence-corrected chi connectivity index (χ1v) is 12.6. The first-order chi connectivity index (χ1) is 15.6. The van der Waals surface area contributed by atoms with Crippen LogP contribution in [-0.2, 0) is 17.9 Å². The van der Waals surface area contributed by atoms with Gasteiger partial charge in [0.2, 0.25) is 5.91 Å². The molecule has 0 aliphatic heterocycles. The topological polar surface area (TPSA) is 88.9 Å². The van der Waals surface area contributed by atoms with Crippen LogP contribution in [0.5, 0.6) is 0 Å². The van der Waals surface area contributed by atoms with Gasteiger partial charge in [0.15, 0.2) is 0 Å². The van der Waals surface area contributed by atoms with Crippen molar-refractivity contribution in [3.63, 3.8) is 0 Å². The number of amides is 1. The van der Waals surface area contributed by atoms with Crippen molar-refractivity contribution in [2.24, 2.45) is 23.2 Å². The summed E-state index contributed by atoms with van der Waals surface area (Å²) in [5, 5.41) is 10.7. The molecule has 0 spiro atoms. The second kappa shape index (κ2) is 9.20. The maximum absolute atomic E-state index is 12.8. The summed E-state index contributed by atoms with van der Waals surface area (Å²) >= 11 is 3.44. The summed E-state index contributed by atoms with van der Waals surface area (Å²) in [7, 11) is 0. The zero-order valence-corrected chi connectivity index (χ0v) is 21.6. The summed E-state index contributed by atoms with van der Waals surface area (Å²) in [5.74, 6) is 2.03. The maximum Gasteiger partial charge on any atom is 0.283 e. The highest BCUT2D eigenvalue weighted by molar-refractivity contribution is 9.10. The number of fused-ring (bicyclic) bond motifs is 2. The van der Waals surface area contributed by atoms with E-state index in [2.05, 4.69) is 71.3 Å². The lowest BCUT2D eigenvalue weighted by Crippen LogP contribution is -2.58. The van der Waals surface area contributed by atoms with Gasteiger partial charge in [-0.05, 0) is 75.6 Å². The lowest BCUT2D eigenvalue weighted by molar-refractivity contribution is -0.122. The lowest BCUT2D eigenvalue weighted by atomic mass is 9.45. The summed E-state index contributed by atoms with van der Waals surface area (Å²) in [6.07, 6.45) is 5.81. The second-order valence-corrected chi connectivity index (χ2v) is 11.4. The number of pyridine rings is 1. The molecule has 178 valence electrons. The molecule has 5 rings (SSSR count). The monoisotopic (exact) mass is 515 g/mol. The minimum absolute atomic E-state index is 0.127. The van der Waals surface area contributed by atoms with Crippen LogP contribution in [0.1, 0.15) is 64.6 Å². The van der Waals surface area contributed by atoms with Gasteiger partial charge in [0.05, 0.1) is 11.9 Å². The molecule has 8 heteroatoms. The number of nitrogens with zero attached hydrogens (tertiary/aromatic N) is 3. The van der Waals surface area contributed by atoms with Gasteiger partial charge in [-0.2, -0.15) is 5.10 Å². The van der Waals surface area contributed by atoms with Crippen LogP contribution in [0.25, 0.3) is 0 Å². The summed E-state index contributed by atoms with van der Waals surface area (Å²) < 4.78 is 1.62.